The van der Waals surface area contributed by atoms with E-state index in [-0.39, 0.29) is 16.7 Å². The number of rotatable bonds is 4. The number of hydrogen-bond donors (Lipinski definition) is 0. The fourth-order valence-corrected chi connectivity index (χ4v) is 1.19. The third-order valence-electron chi connectivity index (χ3n) is 1.77. The minimum Gasteiger partial charge on any atom is -0.487 e. The highest BCUT2D eigenvalue weighted by atomic mass is 35.5. The topological polar surface area (TPSA) is 52.4 Å². The highest BCUT2D eigenvalue weighted by Crippen LogP contribution is 2.32. The van der Waals surface area contributed by atoms with Crippen molar-refractivity contribution in [3.05, 3.63) is 33.1 Å². The number of hydrogen-bond acceptors (Lipinski definition) is 3. The van der Waals surface area contributed by atoms with E-state index in [1.807, 2.05) is 13.8 Å². The zero-order valence-electron chi connectivity index (χ0n) is 8.87. The van der Waals surface area contributed by atoms with Crippen molar-refractivity contribution in [3.63, 3.8) is 0 Å². The number of ether oxygens (including phenoxy) is 1. The van der Waals surface area contributed by atoms with Crippen molar-refractivity contribution in [1.29, 1.82) is 0 Å². The lowest BCUT2D eigenvalue weighted by Crippen LogP contribution is -2.06. The second-order valence-electron chi connectivity index (χ2n) is 3.70. The minimum absolute atomic E-state index is 0.00917. The van der Waals surface area contributed by atoms with E-state index in [0.717, 1.165) is 12.1 Å². The standard InChI is InChI=1S/C10H11ClFNO3/c1-6(2)5-16-10-3-7(11)8(12)4-9(10)13(14)15/h3-4,6H,5H2,1-2H3. The Kier molecular flexibility index (Phi) is 4.06. The van der Waals surface area contributed by atoms with Gasteiger partial charge in [0.05, 0.1) is 22.6 Å². The van der Waals surface area contributed by atoms with Gasteiger partial charge < -0.3 is 4.74 Å². The van der Waals surface area contributed by atoms with Gasteiger partial charge in [-0.2, -0.15) is 0 Å². The summed E-state index contributed by atoms with van der Waals surface area (Å²) in [5.74, 6) is -0.626. The Labute approximate surface area is 97.1 Å². The summed E-state index contributed by atoms with van der Waals surface area (Å²) in [6.07, 6.45) is 0. The number of nitro benzene ring substituents is 1. The van der Waals surface area contributed by atoms with E-state index in [1.54, 1.807) is 0 Å². The van der Waals surface area contributed by atoms with Crippen molar-refractivity contribution in [2.45, 2.75) is 13.8 Å². The SMILES string of the molecule is CC(C)COc1cc(Cl)c(F)cc1[N+](=O)[O-]. The summed E-state index contributed by atoms with van der Waals surface area (Å²) in [6, 6.07) is 1.88. The summed E-state index contributed by atoms with van der Waals surface area (Å²) in [5.41, 5.74) is -0.414. The first-order valence-corrected chi connectivity index (χ1v) is 5.06. The molecule has 0 aliphatic carbocycles. The molecule has 88 valence electrons. The van der Waals surface area contributed by atoms with Gasteiger partial charge in [-0.05, 0) is 5.92 Å². The van der Waals surface area contributed by atoms with E-state index in [4.69, 9.17) is 16.3 Å². The molecule has 0 spiro atoms. The van der Waals surface area contributed by atoms with Crippen LogP contribution in [0.2, 0.25) is 5.02 Å². The summed E-state index contributed by atoms with van der Waals surface area (Å²) in [5, 5.41) is 10.5. The van der Waals surface area contributed by atoms with Gasteiger partial charge in [0.1, 0.15) is 5.82 Å². The third-order valence-corrected chi connectivity index (χ3v) is 2.06. The van der Waals surface area contributed by atoms with Crippen LogP contribution in [0, 0.1) is 21.8 Å². The van der Waals surface area contributed by atoms with Crippen LogP contribution in [0.4, 0.5) is 10.1 Å². The summed E-state index contributed by atoms with van der Waals surface area (Å²) in [7, 11) is 0. The number of nitrogens with zero attached hydrogens (tertiary/aromatic N) is 1. The van der Waals surface area contributed by atoms with Crippen LogP contribution < -0.4 is 4.74 Å². The summed E-state index contributed by atoms with van der Waals surface area (Å²) >= 11 is 5.53. The molecule has 0 aromatic heterocycles. The second kappa shape index (κ2) is 5.12. The maximum absolute atomic E-state index is 13.0. The molecule has 0 aliphatic heterocycles. The molecule has 0 aliphatic rings. The number of nitro groups is 1. The molecular formula is C10H11ClFNO3. The van der Waals surface area contributed by atoms with E-state index in [9.17, 15) is 14.5 Å². The van der Waals surface area contributed by atoms with E-state index in [2.05, 4.69) is 0 Å². The molecule has 0 unspecified atom stereocenters. The van der Waals surface area contributed by atoms with E-state index in [1.165, 1.54) is 0 Å². The van der Waals surface area contributed by atoms with Crippen molar-refractivity contribution >= 4 is 17.3 Å². The highest BCUT2D eigenvalue weighted by molar-refractivity contribution is 6.31. The van der Waals surface area contributed by atoms with Crippen molar-refractivity contribution in [2.24, 2.45) is 5.92 Å². The molecule has 0 N–H and O–H groups in total. The Balaban J connectivity index is 3.05. The van der Waals surface area contributed by atoms with Gasteiger partial charge in [0.15, 0.2) is 5.75 Å². The smallest absolute Gasteiger partial charge is 0.313 e. The Morgan fingerprint density at radius 2 is 2.19 bits per heavy atom. The van der Waals surface area contributed by atoms with Crippen molar-refractivity contribution in [2.75, 3.05) is 6.61 Å². The molecule has 1 rings (SSSR count). The lowest BCUT2D eigenvalue weighted by molar-refractivity contribution is -0.386. The van der Waals surface area contributed by atoms with Crippen LogP contribution in [0.3, 0.4) is 0 Å². The predicted molar refractivity (Wildman–Crippen MR) is 58.4 cm³/mol. The zero-order valence-corrected chi connectivity index (χ0v) is 9.62. The largest absolute Gasteiger partial charge is 0.487 e. The molecule has 0 atom stereocenters. The van der Waals surface area contributed by atoms with Crippen LogP contribution in [-0.4, -0.2) is 11.5 Å². The van der Waals surface area contributed by atoms with Gasteiger partial charge in [-0.1, -0.05) is 25.4 Å². The molecule has 1 aromatic rings. The predicted octanol–water partition coefficient (Wildman–Crippen LogP) is 3.42. The van der Waals surface area contributed by atoms with Gasteiger partial charge in [-0.15, -0.1) is 0 Å². The average Bonchev–Trinajstić information content (AvgIpc) is 2.18. The number of benzene rings is 1. The van der Waals surface area contributed by atoms with Crippen LogP contribution in [0.1, 0.15) is 13.8 Å². The van der Waals surface area contributed by atoms with Crippen molar-refractivity contribution in [3.8, 4) is 5.75 Å². The lowest BCUT2D eigenvalue weighted by Gasteiger charge is -2.09. The summed E-state index contributed by atoms with van der Waals surface area (Å²) in [6.45, 7) is 4.11. The van der Waals surface area contributed by atoms with Crippen LogP contribution in [0.15, 0.2) is 12.1 Å². The number of halogens is 2. The fourth-order valence-electron chi connectivity index (χ4n) is 1.03. The van der Waals surface area contributed by atoms with E-state index < -0.39 is 16.4 Å². The molecule has 0 saturated heterocycles. The molecule has 1 aromatic carbocycles. The maximum Gasteiger partial charge on any atom is 0.313 e. The van der Waals surface area contributed by atoms with Gasteiger partial charge in [0.25, 0.3) is 0 Å². The van der Waals surface area contributed by atoms with E-state index >= 15 is 0 Å². The Morgan fingerprint density at radius 3 is 2.69 bits per heavy atom. The maximum atomic E-state index is 13.0. The molecule has 0 radical (unpaired) electrons. The lowest BCUT2D eigenvalue weighted by atomic mass is 10.2. The highest BCUT2D eigenvalue weighted by Gasteiger charge is 2.19. The van der Waals surface area contributed by atoms with Crippen LogP contribution in [-0.2, 0) is 0 Å². The first-order chi connectivity index (χ1) is 7.41. The normalized spacial score (nSPS) is 10.6. The van der Waals surface area contributed by atoms with Crippen LogP contribution in [0.25, 0.3) is 0 Å². The van der Waals surface area contributed by atoms with Gasteiger partial charge in [0, 0.05) is 6.07 Å². The van der Waals surface area contributed by atoms with Gasteiger partial charge in [-0.3, -0.25) is 10.1 Å². The molecule has 6 heteroatoms. The molecule has 0 heterocycles. The molecule has 4 nitrogen and oxygen atoms in total. The molecule has 0 fully saturated rings. The molecule has 0 saturated carbocycles. The quantitative estimate of drug-likeness (QED) is 0.605. The fraction of sp³-hybridized carbons (Fsp3) is 0.400. The Hall–Kier alpha value is -1.36. The second-order valence-corrected chi connectivity index (χ2v) is 4.10. The molecule has 16 heavy (non-hydrogen) atoms. The molecule has 0 bridgehead atoms. The summed E-state index contributed by atoms with van der Waals surface area (Å²) < 4.78 is 18.2. The van der Waals surface area contributed by atoms with Gasteiger partial charge >= 0.3 is 5.69 Å². The van der Waals surface area contributed by atoms with Crippen LogP contribution >= 0.6 is 11.6 Å². The van der Waals surface area contributed by atoms with Gasteiger partial charge in [-0.25, -0.2) is 4.39 Å². The minimum atomic E-state index is -0.828. The Bertz CT molecular complexity index is 409. The van der Waals surface area contributed by atoms with Crippen molar-refractivity contribution < 1.29 is 14.1 Å². The average molecular weight is 248 g/mol. The first-order valence-electron chi connectivity index (χ1n) is 4.68. The summed E-state index contributed by atoms with van der Waals surface area (Å²) in [4.78, 5) is 9.95. The van der Waals surface area contributed by atoms with Crippen molar-refractivity contribution in [1.82, 2.24) is 0 Å². The van der Waals surface area contributed by atoms with Gasteiger partial charge in [0.2, 0.25) is 0 Å². The monoisotopic (exact) mass is 247 g/mol. The third kappa shape index (κ3) is 3.06. The Morgan fingerprint density at radius 1 is 1.56 bits per heavy atom. The van der Waals surface area contributed by atoms with E-state index in [0.29, 0.717) is 6.61 Å². The molecule has 0 amide bonds. The molecular weight excluding hydrogens is 237 g/mol. The van der Waals surface area contributed by atoms with Crippen LogP contribution in [0.5, 0.6) is 5.75 Å². The zero-order chi connectivity index (χ0) is 12.3. The first kappa shape index (κ1) is 12.7.